The summed E-state index contributed by atoms with van der Waals surface area (Å²) in [6.45, 7) is 4.41. The lowest BCUT2D eigenvalue weighted by molar-refractivity contribution is -0.130. The van der Waals surface area contributed by atoms with Crippen LogP contribution in [0.3, 0.4) is 0 Å². The van der Waals surface area contributed by atoms with Crippen LogP contribution in [0.5, 0.6) is 0 Å². The maximum absolute atomic E-state index is 11.3. The molecule has 84 valence electrons. The molecule has 0 spiro atoms. The number of rotatable bonds is 4. The van der Waals surface area contributed by atoms with Gasteiger partial charge < -0.3 is 4.90 Å². The summed E-state index contributed by atoms with van der Waals surface area (Å²) in [6, 6.07) is 2.14. The van der Waals surface area contributed by atoms with Crippen LogP contribution in [0, 0.1) is 11.3 Å². The number of thiol groups is 1. The highest BCUT2D eigenvalue weighted by atomic mass is 32.1. The van der Waals surface area contributed by atoms with E-state index in [1.165, 1.54) is 0 Å². The highest BCUT2D eigenvalue weighted by Gasteiger charge is 2.19. The first-order valence-electron chi connectivity index (χ1n) is 5.26. The number of carbonyl (C=O) groups is 1. The zero-order chi connectivity index (χ0) is 11.1. The van der Waals surface area contributed by atoms with E-state index in [1.54, 1.807) is 0 Å². The maximum atomic E-state index is 11.3. The average Bonchev–Trinajstić information content (AvgIpc) is 2.29. The summed E-state index contributed by atoms with van der Waals surface area (Å²) in [7, 11) is 0. The topological polar surface area (TPSA) is 47.3 Å². The fraction of sp³-hybridized carbons (Fsp3) is 0.800. The standard InChI is InChI=1S/C10H17N3OS/c11-3-1-2-4-12-5-7-13(8-6-12)10(14)9-15/h15H,1-2,4-9H2. The van der Waals surface area contributed by atoms with E-state index in [-0.39, 0.29) is 5.91 Å². The Morgan fingerprint density at radius 3 is 2.53 bits per heavy atom. The lowest BCUT2D eigenvalue weighted by Gasteiger charge is -2.34. The van der Waals surface area contributed by atoms with Crippen molar-refractivity contribution in [2.75, 3.05) is 38.5 Å². The lowest BCUT2D eigenvalue weighted by Crippen LogP contribution is -2.49. The van der Waals surface area contributed by atoms with Crippen LogP contribution < -0.4 is 0 Å². The van der Waals surface area contributed by atoms with Crippen LogP contribution in [0.1, 0.15) is 12.8 Å². The van der Waals surface area contributed by atoms with Gasteiger partial charge >= 0.3 is 0 Å². The molecular weight excluding hydrogens is 210 g/mol. The largest absolute Gasteiger partial charge is 0.339 e. The van der Waals surface area contributed by atoms with Gasteiger partial charge in [-0.15, -0.1) is 0 Å². The van der Waals surface area contributed by atoms with E-state index in [4.69, 9.17) is 5.26 Å². The molecule has 0 bridgehead atoms. The number of piperazine rings is 1. The van der Waals surface area contributed by atoms with Gasteiger partial charge in [0.1, 0.15) is 0 Å². The van der Waals surface area contributed by atoms with Crippen LogP contribution in [0.15, 0.2) is 0 Å². The van der Waals surface area contributed by atoms with E-state index in [1.807, 2.05) is 4.90 Å². The van der Waals surface area contributed by atoms with Crippen molar-refractivity contribution < 1.29 is 4.79 Å². The van der Waals surface area contributed by atoms with Crippen LogP contribution in [0.25, 0.3) is 0 Å². The van der Waals surface area contributed by atoms with E-state index in [0.717, 1.165) is 39.1 Å². The summed E-state index contributed by atoms with van der Waals surface area (Å²) in [5, 5.41) is 8.41. The van der Waals surface area contributed by atoms with Crippen LogP contribution in [0.2, 0.25) is 0 Å². The molecule has 1 saturated heterocycles. The molecule has 0 aromatic carbocycles. The molecule has 0 unspecified atom stereocenters. The second kappa shape index (κ2) is 6.70. The number of hydrogen-bond acceptors (Lipinski definition) is 4. The van der Waals surface area contributed by atoms with Gasteiger partial charge in [-0.25, -0.2) is 0 Å². The van der Waals surface area contributed by atoms with E-state index < -0.39 is 0 Å². The van der Waals surface area contributed by atoms with Crippen molar-refractivity contribution in [3.05, 3.63) is 0 Å². The van der Waals surface area contributed by atoms with Crippen LogP contribution in [-0.2, 0) is 4.79 Å². The number of nitrogens with zero attached hydrogens (tertiary/aromatic N) is 3. The number of unbranched alkanes of at least 4 members (excludes halogenated alkanes) is 1. The molecule has 1 amide bonds. The molecule has 1 fully saturated rings. The van der Waals surface area contributed by atoms with Gasteiger partial charge in [0.15, 0.2) is 0 Å². The molecule has 1 heterocycles. The summed E-state index contributed by atoms with van der Waals surface area (Å²) >= 11 is 3.98. The maximum Gasteiger partial charge on any atom is 0.232 e. The third-order valence-corrected chi connectivity index (χ3v) is 2.89. The Morgan fingerprint density at radius 1 is 1.33 bits per heavy atom. The normalized spacial score (nSPS) is 17.5. The van der Waals surface area contributed by atoms with Gasteiger partial charge in [-0.1, -0.05) is 0 Å². The van der Waals surface area contributed by atoms with Gasteiger partial charge in [0.25, 0.3) is 0 Å². The molecule has 0 radical (unpaired) electrons. The van der Waals surface area contributed by atoms with E-state index >= 15 is 0 Å². The Hall–Kier alpha value is -0.730. The van der Waals surface area contributed by atoms with Gasteiger partial charge in [-0.3, -0.25) is 9.69 Å². The van der Waals surface area contributed by atoms with Gasteiger partial charge in [-0.05, 0) is 13.0 Å². The highest BCUT2D eigenvalue weighted by molar-refractivity contribution is 7.81. The molecule has 0 aliphatic carbocycles. The molecular formula is C10H17N3OS. The van der Waals surface area contributed by atoms with Gasteiger partial charge in [0, 0.05) is 32.6 Å². The minimum Gasteiger partial charge on any atom is -0.339 e. The number of hydrogen-bond donors (Lipinski definition) is 1. The van der Waals surface area contributed by atoms with Crippen molar-refractivity contribution in [2.24, 2.45) is 0 Å². The zero-order valence-corrected chi connectivity index (χ0v) is 9.75. The number of amides is 1. The number of nitriles is 1. The van der Waals surface area contributed by atoms with E-state index in [9.17, 15) is 4.79 Å². The molecule has 1 aliphatic heterocycles. The first kappa shape index (κ1) is 12.3. The molecule has 1 rings (SSSR count). The first-order valence-corrected chi connectivity index (χ1v) is 5.89. The van der Waals surface area contributed by atoms with Crippen molar-refractivity contribution in [3.63, 3.8) is 0 Å². The Kier molecular flexibility index (Phi) is 5.51. The summed E-state index contributed by atoms with van der Waals surface area (Å²) < 4.78 is 0. The van der Waals surface area contributed by atoms with E-state index in [0.29, 0.717) is 12.2 Å². The van der Waals surface area contributed by atoms with Crippen molar-refractivity contribution in [3.8, 4) is 6.07 Å². The van der Waals surface area contributed by atoms with Crippen LogP contribution >= 0.6 is 12.6 Å². The molecule has 5 heteroatoms. The molecule has 0 N–H and O–H groups in total. The van der Waals surface area contributed by atoms with Gasteiger partial charge in [0.2, 0.25) is 5.91 Å². The van der Waals surface area contributed by atoms with Crippen molar-refractivity contribution in [1.82, 2.24) is 9.80 Å². The quantitative estimate of drug-likeness (QED) is 0.557. The predicted molar refractivity (Wildman–Crippen MR) is 61.7 cm³/mol. The minimum atomic E-state index is 0.120. The Bertz CT molecular complexity index is 244. The Labute approximate surface area is 96.2 Å². The molecule has 15 heavy (non-hydrogen) atoms. The fourth-order valence-corrected chi connectivity index (χ4v) is 1.90. The minimum absolute atomic E-state index is 0.120. The first-order chi connectivity index (χ1) is 7.27. The Morgan fingerprint density at radius 2 is 2.00 bits per heavy atom. The van der Waals surface area contributed by atoms with E-state index in [2.05, 4.69) is 23.6 Å². The average molecular weight is 227 g/mol. The van der Waals surface area contributed by atoms with Crippen molar-refractivity contribution in [1.29, 1.82) is 5.26 Å². The SMILES string of the molecule is N#CCCCN1CCN(C(=O)CS)CC1. The molecule has 0 aromatic heterocycles. The molecule has 0 aromatic rings. The predicted octanol–water partition coefficient (Wildman–Crippen LogP) is 0.364. The second-order valence-electron chi connectivity index (χ2n) is 3.64. The van der Waals surface area contributed by atoms with Crippen LogP contribution in [-0.4, -0.2) is 54.2 Å². The molecule has 0 atom stereocenters. The molecule has 0 saturated carbocycles. The monoisotopic (exact) mass is 227 g/mol. The second-order valence-corrected chi connectivity index (χ2v) is 3.96. The number of carbonyl (C=O) groups excluding carboxylic acids is 1. The highest BCUT2D eigenvalue weighted by Crippen LogP contribution is 2.04. The third kappa shape index (κ3) is 4.10. The summed E-state index contributed by atoms with van der Waals surface area (Å²) in [5.41, 5.74) is 0. The molecule has 1 aliphatic rings. The summed E-state index contributed by atoms with van der Waals surface area (Å²) in [4.78, 5) is 15.5. The molecule has 4 nitrogen and oxygen atoms in total. The van der Waals surface area contributed by atoms with Crippen molar-refractivity contribution >= 4 is 18.5 Å². The fourth-order valence-electron chi connectivity index (χ4n) is 1.70. The Balaban J connectivity index is 2.18. The van der Waals surface area contributed by atoms with Gasteiger partial charge in [0.05, 0.1) is 11.8 Å². The lowest BCUT2D eigenvalue weighted by atomic mass is 10.2. The van der Waals surface area contributed by atoms with Crippen LogP contribution in [0.4, 0.5) is 0 Å². The van der Waals surface area contributed by atoms with Crippen molar-refractivity contribution in [2.45, 2.75) is 12.8 Å². The third-order valence-electron chi connectivity index (χ3n) is 2.62. The summed E-state index contributed by atoms with van der Waals surface area (Å²) in [5.74, 6) is 0.420. The zero-order valence-electron chi connectivity index (χ0n) is 8.85. The summed E-state index contributed by atoms with van der Waals surface area (Å²) in [6.07, 6.45) is 1.55. The smallest absolute Gasteiger partial charge is 0.232 e. The van der Waals surface area contributed by atoms with Gasteiger partial charge in [-0.2, -0.15) is 17.9 Å².